The normalized spacial score (nSPS) is 19.1. The topological polar surface area (TPSA) is 91.6 Å². The van der Waals surface area contributed by atoms with Gasteiger partial charge in [0.1, 0.15) is 6.04 Å². The van der Waals surface area contributed by atoms with Crippen molar-refractivity contribution in [2.75, 3.05) is 7.05 Å². The molecule has 2 N–H and O–H groups in total. The van der Waals surface area contributed by atoms with E-state index in [9.17, 15) is 19.5 Å². The molecule has 1 aromatic heterocycles. The molecule has 3 rings (SSSR count). The summed E-state index contributed by atoms with van der Waals surface area (Å²) >= 11 is 0. The van der Waals surface area contributed by atoms with Crippen molar-refractivity contribution in [2.45, 2.75) is 85.7 Å². The van der Waals surface area contributed by atoms with Gasteiger partial charge >= 0.3 is 5.97 Å². The van der Waals surface area contributed by atoms with Crippen LogP contribution in [0.4, 0.5) is 0 Å². The molecule has 1 unspecified atom stereocenters. The highest BCUT2D eigenvalue weighted by Gasteiger charge is 2.46. The molecule has 7 heteroatoms. The fraction of sp³-hybridized carbons (Fsp3) is 0.581. The number of carboxylic acid groups (broad SMARTS) is 1. The average Bonchev–Trinajstić information content (AvgIpc) is 3.12. The highest BCUT2D eigenvalue weighted by molar-refractivity contribution is 5.92. The van der Waals surface area contributed by atoms with E-state index in [4.69, 9.17) is 0 Å². The Hall–Kier alpha value is -3.09. The van der Waals surface area contributed by atoms with E-state index in [2.05, 4.69) is 42.9 Å². The molecule has 1 aromatic carbocycles. The first kappa shape index (κ1) is 29.5. The third-order valence-electron chi connectivity index (χ3n) is 8.37. The summed E-state index contributed by atoms with van der Waals surface area (Å²) < 4.78 is 2.25. The van der Waals surface area contributed by atoms with Gasteiger partial charge in [0.05, 0.1) is 6.04 Å². The van der Waals surface area contributed by atoms with Crippen LogP contribution in [0, 0.1) is 17.3 Å². The number of aryl methyl sites for hydroxylation is 1. The monoisotopic (exact) mass is 523 g/mol. The molecule has 38 heavy (non-hydrogen) atoms. The van der Waals surface area contributed by atoms with E-state index >= 15 is 0 Å². The summed E-state index contributed by atoms with van der Waals surface area (Å²) in [6, 6.07) is 7.16. The molecular weight excluding hydrogens is 478 g/mol. The Balaban J connectivity index is 1.93. The number of nitrogens with zero attached hydrogens (tertiary/aromatic N) is 2. The Bertz CT molecular complexity index is 1260. The molecule has 0 fully saturated rings. The lowest BCUT2D eigenvalue weighted by Gasteiger charge is -2.41. The largest absolute Gasteiger partial charge is 0.478 e. The number of hydrogen-bond donors (Lipinski definition) is 2. The number of hydrogen-bond acceptors (Lipinski definition) is 3. The lowest BCUT2D eigenvalue weighted by molar-refractivity contribution is -0.141. The number of carbonyl (C=O) groups is 3. The molecule has 1 aliphatic rings. The Labute approximate surface area is 227 Å². The zero-order valence-corrected chi connectivity index (χ0v) is 24.7. The standard InChI is InChI=1S/C31H45N3O4/c1-18(2)24(17-19(3)29(37)38)34(10)28(36)26(30(4,5)6)32-27(35)21-15-16-23-25(31(21,7)8)20-13-11-12-14-22(20)33(23)9/h11-14,17-18,21,24,26H,15-16H2,1-10H3,(H,32,35)(H,37,38)/b19-17+/t21?,24-,26+/m0/s1. The number of nitrogens with one attached hydrogen (secondary N) is 1. The Morgan fingerprint density at radius 3 is 2.34 bits per heavy atom. The highest BCUT2D eigenvalue weighted by atomic mass is 16.4. The molecule has 2 amide bonds. The van der Waals surface area contributed by atoms with Crippen LogP contribution >= 0.6 is 0 Å². The fourth-order valence-corrected chi connectivity index (χ4v) is 6.05. The van der Waals surface area contributed by atoms with Crippen molar-refractivity contribution in [3.63, 3.8) is 0 Å². The number of amides is 2. The maximum absolute atomic E-state index is 13.9. The number of likely N-dealkylation sites (N-methyl/N-ethyl adjacent to an activating group) is 1. The molecule has 208 valence electrons. The van der Waals surface area contributed by atoms with Crippen molar-refractivity contribution in [3.05, 3.63) is 47.2 Å². The van der Waals surface area contributed by atoms with Gasteiger partial charge in [-0.25, -0.2) is 4.79 Å². The average molecular weight is 524 g/mol. The van der Waals surface area contributed by atoms with Crippen molar-refractivity contribution in [1.29, 1.82) is 0 Å². The van der Waals surface area contributed by atoms with Gasteiger partial charge in [-0.05, 0) is 42.7 Å². The van der Waals surface area contributed by atoms with E-state index in [0.717, 1.165) is 6.42 Å². The first-order valence-electron chi connectivity index (χ1n) is 13.6. The van der Waals surface area contributed by atoms with Crippen LogP contribution in [-0.2, 0) is 33.3 Å². The summed E-state index contributed by atoms with van der Waals surface area (Å²) in [5, 5.41) is 13.7. The molecule has 0 saturated carbocycles. The summed E-state index contributed by atoms with van der Waals surface area (Å²) in [5.41, 5.74) is 2.88. The van der Waals surface area contributed by atoms with Gasteiger partial charge in [-0.3, -0.25) is 9.59 Å². The predicted molar refractivity (Wildman–Crippen MR) is 152 cm³/mol. The molecular formula is C31H45N3O4. The summed E-state index contributed by atoms with van der Waals surface area (Å²) in [5.74, 6) is -1.65. The zero-order chi connectivity index (χ0) is 28.7. The van der Waals surface area contributed by atoms with Gasteiger partial charge in [-0.15, -0.1) is 0 Å². The Kier molecular flexibility index (Phi) is 8.21. The second-order valence-electron chi connectivity index (χ2n) is 12.9. The van der Waals surface area contributed by atoms with Crippen LogP contribution in [0.2, 0.25) is 0 Å². The van der Waals surface area contributed by atoms with Gasteiger partial charge in [0.2, 0.25) is 11.8 Å². The van der Waals surface area contributed by atoms with Crippen LogP contribution in [0.25, 0.3) is 10.9 Å². The van der Waals surface area contributed by atoms with Gasteiger partial charge in [-0.1, -0.05) is 72.7 Å². The highest BCUT2D eigenvalue weighted by Crippen LogP contribution is 2.46. The molecule has 1 aliphatic carbocycles. The second kappa shape index (κ2) is 10.6. The van der Waals surface area contributed by atoms with Crippen LogP contribution < -0.4 is 5.32 Å². The molecule has 0 bridgehead atoms. The first-order valence-corrected chi connectivity index (χ1v) is 13.6. The number of rotatable bonds is 7. The van der Waals surface area contributed by atoms with E-state index in [-0.39, 0.29) is 29.2 Å². The molecule has 0 radical (unpaired) electrons. The van der Waals surface area contributed by atoms with Crippen LogP contribution in [0.3, 0.4) is 0 Å². The summed E-state index contributed by atoms with van der Waals surface area (Å²) in [6.07, 6.45) is 3.12. The number of carboxylic acids is 1. The van der Waals surface area contributed by atoms with Gasteiger partial charge in [-0.2, -0.15) is 0 Å². The lowest BCUT2D eigenvalue weighted by atomic mass is 9.66. The van der Waals surface area contributed by atoms with E-state index in [1.807, 2.05) is 46.8 Å². The van der Waals surface area contributed by atoms with Crippen LogP contribution in [-0.4, -0.2) is 51.5 Å². The number of aliphatic carboxylic acids is 1. The second-order valence-corrected chi connectivity index (χ2v) is 12.9. The smallest absolute Gasteiger partial charge is 0.331 e. The van der Waals surface area contributed by atoms with Crippen molar-refractivity contribution in [1.82, 2.24) is 14.8 Å². The molecule has 0 aliphatic heterocycles. The third-order valence-corrected chi connectivity index (χ3v) is 8.37. The molecule has 7 nitrogen and oxygen atoms in total. The number of fused-ring (bicyclic) bond motifs is 3. The van der Waals surface area contributed by atoms with Crippen molar-refractivity contribution < 1.29 is 19.5 Å². The molecule has 1 heterocycles. The Morgan fingerprint density at radius 1 is 1.18 bits per heavy atom. The number of para-hydroxylation sites is 1. The lowest BCUT2D eigenvalue weighted by Crippen LogP contribution is -2.58. The maximum atomic E-state index is 13.9. The summed E-state index contributed by atoms with van der Waals surface area (Å²) in [4.78, 5) is 40.9. The van der Waals surface area contributed by atoms with Crippen LogP contribution in [0.5, 0.6) is 0 Å². The van der Waals surface area contributed by atoms with Crippen molar-refractivity contribution in [2.24, 2.45) is 24.3 Å². The summed E-state index contributed by atoms with van der Waals surface area (Å²) in [7, 11) is 3.78. The molecule has 3 atom stereocenters. The first-order chi connectivity index (χ1) is 17.5. The predicted octanol–water partition coefficient (Wildman–Crippen LogP) is 5.06. The molecule has 0 spiro atoms. The van der Waals surface area contributed by atoms with E-state index in [1.165, 1.54) is 29.1 Å². The molecule has 2 aromatic rings. The van der Waals surface area contributed by atoms with Crippen LogP contribution in [0.1, 0.15) is 73.1 Å². The van der Waals surface area contributed by atoms with E-state index in [0.29, 0.717) is 6.42 Å². The fourth-order valence-electron chi connectivity index (χ4n) is 6.05. The van der Waals surface area contributed by atoms with Gasteiger partial charge in [0.15, 0.2) is 0 Å². The Morgan fingerprint density at radius 2 is 1.79 bits per heavy atom. The van der Waals surface area contributed by atoms with E-state index in [1.54, 1.807) is 18.0 Å². The number of carbonyl (C=O) groups excluding carboxylic acids is 2. The zero-order valence-electron chi connectivity index (χ0n) is 24.7. The molecule has 0 saturated heterocycles. The van der Waals surface area contributed by atoms with Crippen molar-refractivity contribution in [3.8, 4) is 0 Å². The minimum atomic E-state index is -1.01. The SMILES string of the molecule is C/C(=C\[C@@H](C(C)C)N(C)C(=O)[C@@H](NC(=O)C1CCc2c(c3ccccc3n2C)C1(C)C)C(C)(C)C)C(=O)O. The van der Waals surface area contributed by atoms with Crippen LogP contribution in [0.15, 0.2) is 35.9 Å². The quantitative estimate of drug-likeness (QED) is 0.496. The number of benzene rings is 1. The number of aromatic nitrogens is 1. The minimum Gasteiger partial charge on any atom is -0.478 e. The summed E-state index contributed by atoms with van der Waals surface area (Å²) in [6.45, 7) is 15.6. The van der Waals surface area contributed by atoms with Crippen molar-refractivity contribution >= 4 is 28.7 Å². The van der Waals surface area contributed by atoms with Gasteiger partial charge in [0.25, 0.3) is 0 Å². The van der Waals surface area contributed by atoms with Gasteiger partial charge < -0.3 is 19.9 Å². The van der Waals surface area contributed by atoms with E-state index < -0.39 is 28.9 Å². The third kappa shape index (κ3) is 5.38. The van der Waals surface area contributed by atoms with Gasteiger partial charge in [0, 0.05) is 47.6 Å². The maximum Gasteiger partial charge on any atom is 0.331 e. The minimum absolute atomic E-state index is 0.00312.